The van der Waals surface area contributed by atoms with Gasteiger partial charge >= 0.3 is 5.97 Å². The van der Waals surface area contributed by atoms with Gasteiger partial charge in [-0.2, -0.15) is 0 Å². The molecule has 126 valence electrons. The van der Waals surface area contributed by atoms with Crippen LogP contribution in [0.15, 0.2) is 0 Å². The van der Waals surface area contributed by atoms with Crippen LogP contribution < -0.4 is 0 Å². The van der Waals surface area contributed by atoms with Crippen molar-refractivity contribution in [3.63, 3.8) is 0 Å². The Balaban J connectivity index is 5.32. The van der Waals surface area contributed by atoms with Crippen molar-refractivity contribution in [1.29, 1.82) is 0 Å². The molecule has 0 saturated heterocycles. The van der Waals surface area contributed by atoms with Crippen molar-refractivity contribution in [3.05, 3.63) is 0 Å². The van der Waals surface area contributed by atoms with Gasteiger partial charge in [-0.3, -0.25) is 31.5 Å². The molecule has 0 fully saturated rings. The molecule has 0 bridgehead atoms. The lowest BCUT2D eigenvalue weighted by Crippen LogP contribution is -2.55. The van der Waals surface area contributed by atoms with Crippen LogP contribution >= 0.6 is 0 Å². The predicted molar refractivity (Wildman–Crippen MR) is 53.7 cm³/mol. The molecule has 0 aliphatic rings. The molecule has 21 heavy (non-hydrogen) atoms. The maximum absolute atomic E-state index is 10.8. The van der Waals surface area contributed by atoms with E-state index in [4.69, 9.17) is 36.6 Å². The van der Waals surface area contributed by atoms with Crippen molar-refractivity contribution in [1.82, 2.24) is 0 Å². The van der Waals surface area contributed by atoms with Gasteiger partial charge < -0.3 is 5.11 Å². The first-order chi connectivity index (χ1) is 10.0. The second-order valence-electron chi connectivity index (χ2n) is 3.51. The van der Waals surface area contributed by atoms with Crippen molar-refractivity contribution in [2.24, 2.45) is 0 Å². The van der Waals surface area contributed by atoms with E-state index in [9.17, 15) is 4.79 Å². The number of hydrogen-bond donors (Lipinski definition) is 7. The fourth-order valence-corrected chi connectivity index (χ4v) is 1.44. The highest BCUT2D eigenvalue weighted by Crippen LogP contribution is 2.20. The highest BCUT2D eigenvalue weighted by Gasteiger charge is 2.47. The smallest absolute Gasteiger partial charge is 0.339 e. The Bertz CT molecular complexity index is 284. The minimum atomic E-state index is -2.31. The Morgan fingerprint density at radius 1 is 0.762 bits per heavy atom. The fraction of sp³-hybridized carbons (Fsp3) is 0.857. The molecule has 7 N–H and O–H groups in total. The van der Waals surface area contributed by atoms with Gasteiger partial charge in [0.25, 0.3) is 0 Å². The second kappa shape index (κ2) is 10.7. The summed E-state index contributed by atoms with van der Waals surface area (Å²) < 4.78 is 0. The molecule has 0 rings (SSSR count). The van der Waals surface area contributed by atoms with E-state index in [0.29, 0.717) is 0 Å². The number of rotatable bonds is 12. The van der Waals surface area contributed by atoms with E-state index in [1.165, 1.54) is 0 Å². The third kappa shape index (κ3) is 5.36. The van der Waals surface area contributed by atoms with E-state index in [-0.39, 0.29) is 0 Å². The average molecular weight is 322 g/mol. The van der Waals surface area contributed by atoms with Crippen molar-refractivity contribution >= 4 is 5.97 Å². The molecule has 5 atom stereocenters. The summed E-state index contributed by atoms with van der Waals surface area (Å²) in [4.78, 5) is 32.9. The van der Waals surface area contributed by atoms with Crippen LogP contribution in [0.3, 0.4) is 0 Å². The third-order valence-corrected chi connectivity index (χ3v) is 2.41. The van der Waals surface area contributed by atoms with Gasteiger partial charge in [-0.1, -0.05) is 0 Å². The van der Waals surface area contributed by atoms with Crippen molar-refractivity contribution in [3.8, 4) is 0 Å². The molecule has 0 spiro atoms. The topological polar surface area (TPSA) is 214 Å². The van der Waals surface area contributed by atoms with Crippen LogP contribution in [0.2, 0.25) is 0 Å². The molecule has 0 aromatic heterocycles. The Kier molecular flexibility index (Phi) is 10.2. The van der Waals surface area contributed by atoms with Gasteiger partial charge in [-0.15, -0.1) is 0 Å². The Morgan fingerprint density at radius 3 is 1.57 bits per heavy atom. The molecule has 0 aliphatic heterocycles. The van der Waals surface area contributed by atoms with E-state index in [0.717, 1.165) is 0 Å². The summed E-state index contributed by atoms with van der Waals surface area (Å²) in [6.07, 6.45) is -10.3. The van der Waals surface area contributed by atoms with Gasteiger partial charge in [0.05, 0.1) is 0 Å². The molecule has 0 amide bonds. The first-order valence-corrected chi connectivity index (χ1v) is 5.02. The predicted octanol–water partition coefficient (Wildman–Crippen LogP) is -1.15. The van der Waals surface area contributed by atoms with Crippen LogP contribution in [0.5, 0.6) is 0 Å². The highest BCUT2D eigenvalue weighted by molar-refractivity contribution is 5.73. The summed E-state index contributed by atoms with van der Waals surface area (Å²) in [6.45, 7) is -0.850. The fourth-order valence-electron chi connectivity index (χ4n) is 1.44. The summed E-state index contributed by atoms with van der Waals surface area (Å²) in [6, 6.07) is 0. The first kappa shape index (κ1) is 20.0. The Hall–Kier alpha value is -1.01. The van der Waals surface area contributed by atoms with Gasteiger partial charge in [0.15, 0.2) is 24.4 Å². The van der Waals surface area contributed by atoms with E-state index < -0.39 is 43.1 Å². The molecule has 0 aliphatic carbocycles. The molecule has 0 aromatic rings. The monoisotopic (exact) mass is 322 g/mol. The molecule has 0 saturated carbocycles. The zero-order chi connectivity index (χ0) is 16.4. The normalized spacial score (nSPS) is 18.8. The summed E-state index contributed by atoms with van der Waals surface area (Å²) in [5, 5.41) is 60.0. The van der Waals surface area contributed by atoms with Crippen LogP contribution in [0.25, 0.3) is 0 Å². The lowest BCUT2D eigenvalue weighted by Gasteiger charge is -2.31. The average Bonchev–Trinajstić information content (AvgIpc) is 2.48. The van der Waals surface area contributed by atoms with Crippen LogP contribution in [0.1, 0.15) is 0 Å². The molecule has 0 radical (unpaired) electrons. The summed E-state index contributed by atoms with van der Waals surface area (Å²) in [7, 11) is 0. The largest absolute Gasteiger partial charge is 0.479 e. The summed E-state index contributed by atoms with van der Waals surface area (Å²) >= 11 is 0. The molecular formula is C7H14O14. The molecule has 5 unspecified atom stereocenters. The first-order valence-electron chi connectivity index (χ1n) is 5.02. The van der Waals surface area contributed by atoms with Crippen LogP contribution in [-0.4, -0.2) is 79.7 Å². The van der Waals surface area contributed by atoms with Gasteiger partial charge in [-0.25, -0.2) is 34.1 Å². The van der Waals surface area contributed by atoms with Crippen molar-refractivity contribution in [2.45, 2.75) is 30.5 Å². The number of hydrogen-bond acceptors (Lipinski definition) is 13. The molecular weight excluding hydrogens is 308 g/mol. The van der Waals surface area contributed by atoms with Gasteiger partial charge in [0.1, 0.15) is 6.61 Å². The lowest BCUT2D eigenvalue weighted by molar-refractivity contribution is -0.442. The quantitative estimate of drug-likeness (QED) is 0.167. The zero-order valence-electron chi connectivity index (χ0n) is 10.1. The Morgan fingerprint density at radius 2 is 1.29 bits per heavy atom. The SMILES string of the molecule is O=C(O)C(OO)C(OO)C(OO)C(OO)C(COO)OO. The summed E-state index contributed by atoms with van der Waals surface area (Å²) in [5.41, 5.74) is 0. The zero-order valence-corrected chi connectivity index (χ0v) is 10.1. The Labute approximate surface area is 115 Å². The molecule has 0 aromatic carbocycles. The van der Waals surface area contributed by atoms with Crippen LogP contribution in [0, 0.1) is 0 Å². The van der Waals surface area contributed by atoms with Crippen LogP contribution in [-0.2, 0) is 34.1 Å². The highest BCUT2D eigenvalue weighted by atomic mass is 17.2. The number of carbonyl (C=O) groups is 1. The number of carboxylic acid groups (broad SMARTS) is 1. The molecule has 14 heteroatoms. The van der Waals surface area contributed by atoms with E-state index in [1.54, 1.807) is 0 Å². The van der Waals surface area contributed by atoms with E-state index in [2.05, 4.69) is 29.3 Å². The summed E-state index contributed by atoms with van der Waals surface area (Å²) in [5.74, 6) is -1.87. The molecule has 14 nitrogen and oxygen atoms in total. The lowest BCUT2D eigenvalue weighted by atomic mass is 9.99. The number of carboxylic acids is 1. The van der Waals surface area contributed by atoms with Gasteiger partial charge in [-0.05, 0) is 0 Å². The van der Waals surface area contributed by atoms with Crippen molar-refractivity contribution < 1.29 is 70.8 Å². The van der Waals surface area contributed by atoms with Gasteiger partial charge in [0, 0.05) is 0 Å². The van der Waals surface area contributed by atoms with Crippen LogP contribution in [0.4, 0.5) is 0 Å². The molecule has 0 heterocycles. The van der Waals surface area contributed by atoms with E-state index in [1.807, 2.05) is 0 Å². The third-order valence-electron chi connectivity index (χ3n) is 2.41. The second-order valence-corrected chi connectivity index (χ2v) is 3.51. The van der Waals surface area contributed by atoms with E-state index >= 15 is 0 Å². The number of aliphatic carboxylic acids is 1. The van der Waals surface area contributed by atoms with Crippen molar-refractivity contribution in [2.75, 3.05) is 6.61 Å². The van der Waals surface area contributed by atoms with Gasteiger partial charge in [0.2, 0.25) is 6.10 Å². The maximum atomic E-state index is 10.8. The minimum absolute atomic E-state index is 0.850. The minimum Gasteiger partial charge on any atom is -0.479 e. The standard InChI is InChI=1S/C7H14O14/c8-7(9)6(21-15)5(20-14)4(19-13)3(18-12)2(17-11)1-16-10/h2-6,10-15H,1H2,(H,8,9). The maximum Gasteiger partial charge on any atom is 0.339 e.